The molecule has 1 aromatic heterocycles. The first kappa shape index (κ1) is 21.9. The first-order valence-corrected chi connectivity index (χ1v) is 12.1. The van der Waals surface area contributed by atoms with Gasteiger partial charge in [-0.15, -0.1) is 11.3 Å². The molecule has 2 aromatic rings. The van der Waals surface area contributed by atoms with Gasteiger partial charge >= 0.3 is 0 Å². The van der Waals surface area contributed by atoms with Crippen LogP contribution in [-0.4, -0.2) is 61.2 Å². The molecule has 1 amide bonds. The van der Waals surface area contributed by atoms with Crippen LogP contribution in [0.1, 0.15) is 36.2 Å². The van der Waals surface area contributed by atoms with E-state index in [0.29, 0.717) is 31.1 Å². The van der Waals surface area contributed by atoms with Gasteiger partial charge in [0.2, 0.25) is 15.9 Å². The number of rotatable bonds is 7. The van der Waals surface area contributed by atoms with Crippen LogP contribution >= 0.6 is 11.3 Å². The molecule has 9 heteroatoms. The molecular formula is C20H28N4O3S2. The minimum absolute atomic E-state index is 0.0709. The zero-order valence-electron chi connectivity index (χ0n) is 17.1. The highest BCUT2D eigenvalue weighted by Crippen LogP contribution is 2.19. The van der Waals surface area contributed by atoms with Crippen molar-refractivity contribution in [2.75, 3.05) is 32.7 Å². The molecule has 0 spiro atoms. The summed E-state index contributed by atoms with van der Waals surface area (Å²) in [6.07, 6.45) is 0.890. The molecule has 1 atom stereocenters. The molecule has 0 bridgehead atoms. The van der Waals surface area contributed by atoms with Crippen LogP contribution in [-0.2, 0) is 21.2 Å². The van der Waals surface area contributed by atoms with Crippen molar-refractivity contribution in [1.82, 2.24) is 19.5 Å². The lowest BCUT2D eigenvalue weighted by atomic mass is 10.2. The van der Waals surface area contributed by atoms with Gasteiger partial charge in [-0.25, -0.2) is 13.4 Å². The van der Waals surface area contributed by atoms with E-state index < -0.39 is 10.0 Å². The topological polar surface area (TPSA) is 82.6 Å². The lowest BCUT2D eigenvalue weighted by molar-refractivity contribution is -0.123. The largest absolute Gasteiger partial charge is 0.347 e. The summed E-state index contributed by atoms with van der Waals surface area (Å²) in [6.45, 7) is 8.00. The van der Waals surface area contributed by atoms with Crippen molar-refractivity contribution < 1.29 is 13.2 Å². The van der Waals surface area contributed by atoms with E-state index in [-0.39, 0.29) is 18.5 Å². The van der Waals surface area contributed by atoms with Crippen LogP contribution in [0.3, 0.4) is 0 Å². The van der Waals surface area contributed by atoms with Crippen LogP contribution in [0.5, 0.6) is 0 Å². The quantitative estimate of drug-likeness (QED) is 0.720. The fourth-order valence-corrected chi connectivity index (χ4v) is 5.50. The van der Waals surface area contributed by atoms with Gasteiger partial charge in [0.15, 0.2) is 0 Å². The second-order valence-electron chi connectivity index (χ2n) is 7.30. The third kappa shape index (κ3) is 5.42. The Morgan fingerprint density at radius 3 is 2.45 bits per heavy atom. The van der Waals surface area contributed by atoms with Crippen LogP contribution in [0, 0.1) is 6.92 Å². The Hall–Kier alpha value is -1.81. The average Bonchev–Trinajstić information content (AvgIpc) is 3.18. The summed E-state index contributed by atoms with van der Waals surface area (Å²) in [5, 5.41) is 6.03. The molecule has 1 N–H and O–H groups in total. The molecule has 1 unspecified atom stereocenters. The number of carbonyl (C=O) groups is 1. The summed E-state index contributed by atoms with van der Waals surface area (Å²) < 4.78 is 27.1. The number of hydrogen-bond donors (Lipinski definition) is 1. The van der Waals surface area contributed by atoms with E-state index in [1.807, 2.05) is 24.1 Å². The SMILES string of the molecule is CCc1nc(C(C)NC(=O)CN2CCN(S(=O)(=O)c3ccc(C)cc3)CC2)cs1. The summed E-state index contributed by atoms with van der Waals surface area (Å²) in [5.41, 5.74) is 1.91. The van der Waals surface area contributed by atoms with Crippen molar-refractivity contribution in [3.8, 4) is 0 Å². The third-order valence-electron chi connectivity index (χ3n) is 5.05. The molecule has 2 heterocycles. The summed E-state index contributed by atoms with van der Waals surface area (Å²) in [6, 6.07) is 6.77. The molecule has 1 saturated heterocycles. The standard InChI is InChI=1S/C20H28N4O3S2/c1-4-20-22-18(14-28-20)16(3)21-19(25)13-23-9-11-24(12-10-23)29(26,27)17-7-5-15(2)6-8-17/h5-8,14,16H,4,9-13H2,1-3H3,(H,21,25). The van der Waals surface area contributed by atoms with Gasteiger partial charge in [0.25, 0.3) is 0 Å². The molecule has 1 fully saturated rings. The third-order valence-corrected chi connectivity index (χ3v) is 7.97. The van der Waals surface area contributed by atoms with E-state index in [0.717, 1.165) is 22.7 Å². The number of amides is 1. The number of thiazole rings is 1. The predicted molar refractivity (Wildman–Crippen MR) is 114 cm³/mol. The Balaban J connectivity index is 1.50. The second-order valence-corrected chi connectivity index (χ2v) is 10.2. The minimum Gasteiger partial charge on any atom is -0.347 e. The van der Waals surface area contributed by atoms with Crippen LogP contribution in [0.4, 0.5) is 0 Å². The number of benzene rings is 1. The van der Waals surface area contributed by atoms with E-state index in [1.165, 1.54) is 4.31 Å². The first-order chi connectivity index (χ1) is 13.8. The van der Waals surface area contributed by atoms with Crippen molar-refractivity contribution in [3.05, 3.63) is 45.9 Å². The molecule has 158 valence electrons. The number of piperazine rings is 1. The number of hydrogen-bond acceptors (Lipinski definition) is 6. The van der Waals surface area contributed by atoms with Gasteiger partial charge in [0.05, 0.1) is 28.2 Å². The minimum atomic E-state index is -3.49. The van der Waals surface area contributed by atoms with Gasteiger partial charge in [-0.05, 0) is 32.4 Å². The van der Waals surface area contributed by atoms with Gasteiger partial charge < -0.3 is 5.32 Å². The molecule has 29 heavy (non-hydrogen) atoms. The van der Waals surface area contributed by atoms with Gasteiger partial charge in [0, 0.05) is 31.6 Å². The molecule has 1 aromatic carbocycles. The van der Waals surface area contributed by atoms with Crippen LogP contribution in [0.2, 0.25) is 0 Å². The van der Waals surface area contributed by atoms with E-state index in [4.69, 9.17) is 0 Å². The Morgan fingerprint density at radius 2 is 1.86 bits per heavy atom. The summed E-state index contributed by atoms with van der Waals surface area (Å²) >= 11 is 1.61. The lowest BCUT2D eigenvalue weighted by Gasteiger charge is -2.33. The van der Waals surface area contributed by atoms with Crippen LogP contribution in [0.15, 0.2) is 34.5 Å². The first-order valence-electron chi connectivity index (χ1n) is 9.82. The highest BCUT2D eigenvalue weighted by molar-refractivity contribution is 7.89. The molecule has 1 aliphatic rings. The Morgan fingerprint density at radius 1 is 1.21 bits per heavy atom. The molecule has 1 aliphatic heterocycles. The maximum Gasteiger partial charge on any atom is 0.243 e. The Bertz CT molecular complexity index is 933. The summed E-state index contributed by atoms with van der Waals surface area (Å²) in [7, 11) is -3.49. The zero-order valence-corrected chi connectivity index (χ0v) is 18.7. The fourth-order valence-electron chi connectivity index (χ4n) is 3.24. The van der Waals surface area contributed by atoms with Gasteiger partial charge in [0.1, 0.15) is 0 Å². The number of aromatic nitrogens is 1. The lowest BCUT2D eigenvalue weighted by Crippen LogP contribution is -2.51. The normalized spacial score (nSPS) is 17.2. The van der Waals surface area contributed by atoms with Crippen molar-refractivity contribution in [3.63, 3.8) is 0 Å². The highest BCUT2D eigenvalue weighted by Gasteiger charge is 2.29. The monoisotopic (exact) mass is 436 g/mol. The summed E-state index contributed by atoms with van der Waals surface area (Å²) in [5.74, 6) is -0.0709. The number of aryl methyl sites for hydroxylation is 2. The van der Waals surface area contributed by atoms with E-state index in [9.17, 15) is 13.2 Å². The van der Waals surface area contributed by atoms with Crippen molar-refractivity contribution in [2.45, 2.75) is 38.1 Å². The molecule has 0 radical (unpaired) electrons. The van der Waals surface area contributed by atoms with E-state index >= 15 is 0 Å². The predicted octanol–water partition coefficient (Wildman–Crippen LogP) is 2.20. The number of sulfonamides is 1. The van der Waals surface area contributed by atoms with E-state index in [2.05, 4.69) is 17.2 Å². The van der Waals surface area contributed by atoms with Crippen LogP contribution in [0.25, 0.3) is 0 Å². The summed E-state index contributed by atoms with van der Waals surface area (Å²) in [4.78, 5) is 19.2. The maximum atomic E-state index is 12.8. The molecule has 0 saturated carbocycles. The van der Waals surface area contributed by atoms with Crippen molar-refractivity contribution >= 4 is 27.3 Å². The number of carbonyl (C=O) groups excluding carboxylic acids is 1. The Kier molecular flexibility index (Phi) is 7.05. The second kappa shape index (κ2) is 9.34. The highest BCUT2D eigenvalue weighted by atomic mass is 32.2. The van der Waals surface area contributed by atoms with Gasteiger partial charge in [-0.3, -0.25) is 9.69 Å². The maximum absolute atomic E-state index is 12.8. The van der Waals surface area contributed by atoms with Crippen molar-refractivity contribution in [1.29, 1.82) is 0 Å². The Labute approximate surface area is 176 Å². The number of nitrogens with one attached hydrogen (secondary N) is 1. The van der Waals surface area contributed by atoms with Gasteiger partial charge in [-0.2, -0.15) is 4.31 Å². The molecule has 7 nitrogen and oxygen atoms in total. The zero-order chi connectivity index (χ0) is 21.0. The van der Waals surface area contributed by atoms with Gasteiger partial charge in [-0.1, -0.05) is 24.6 Å². The molecular weight excluding hydrogens is 408 g/mol. The van der Waals surface area contributed by atoms with Crippen molar-refractivity contribution in [2.24, 2.45) is 0 Å². The number of nitrogens with zero attached hydrogens (tertiary/aromatic N) is 3. The molecule has 3 rings (SSSR count). The molecule has 0 aliphatic carbocycles. The van der Waals surface area contributed by atoms with Crippen LogP contribution < -0.4 is 5.32 Å². The smallest absolute Gasteiger partial charge is 0.243 e. The fraction of sp³-hybridized carbons (Fsp3) is 0.500. The van der Waals surface area contributed by atoms with E-state index in [1.54, 1.807) is 35.6 Å². The average molecular weight is 437 g/mol.